The first-order chi connectivity index (χ1) is 7.15. The smallest absolute Gasteiger partial charge is 0.339 e. The van der Waals surface area contributed by atoms with Crippen LogP contribution in [0.3, 0.4) is 0 Å². The number of carboxylic acid groups (broad SMARTS) is 1. The van der Waals surface area contributed by atoms with Crippen LogP contribution in [0.25, 0.3) is 11.0 Å². The fourth-order valence-corrected chi connectivity index (χ4v) is 1.53. The van der Waals surface area contributed by atoms with Gasteiger partial charge in [-0.2, -0.15) is 5.10 Å². The molecule has 0 radical (unpaired) electrons. The summed E-state index contributed by atoms with van der Waals surface area (Å²) >= 11 is 0. The molecule has 0 aliphatic carbocycles. The largest absolute Gasteiger partial charge is 0.478 e. The highest BCUT2D eigenvalue weighted by Gasteiger charge is 2.15. The summed E-state index contributed by atoms with van der Waals surface area (Å²) in [6, 6.07) is 0. The number of carboxylic acids is 1. The predicted octanol–water partition coefficient (Wildman–Crippen LogP) is 0.708. The second kappa shape index (κ2) is 3.23. The van der Waals surface area contributed by atoms with Crippen molar-refractivity contribution in [3.8, 4) is 0 Å². The number of aromatic nitrogens is 3. The summed E-state index contributed by atoms with van der Waals surface area (Å²) in [5, 5.41) is 16.5. The second-order valence-electron chi connectivity index (χ2n) is 3.11. The molecular weight excluding hydrogens is 196 g/mol. The van der Waals surface area contributed by atoms with Crippen LogP contribution in [-0.4, -0.2) is 32.9 Å². The number of carbonyl (C=O) groups is 1. The Labute approximate surface area is 85.5 Å². The van der Waals surface area contributed by atoms with Crippen LogP contribution in [0.2, 0.25) is 0 Å². The van der Waals surface area contributed by atoms with E-state index in [2.05, 4.69) is 15.4 Å². The van der Waals surface area contributed by atoms with Gasteiger partial charge in [0.1, 0.15) is 5.56 Å². The zero-order valence-electron chi connectivity index (χ0n) is 8.35. The van der Waals surface area contributed by atoms with Crippen molar-refractivity contribution in [3.05, 3.63) is 18.0 Å². The van der Waals surface area contributed by atoms with Gasteiger partial charge in [-0.15, -0.1) is 0 Å². The van der Waals surface area contributed by atoms with E-state index >= 15 is 0 Å². The van der Waals surface area contributed by atoms with E-state index in [4.69, 9.17) is 5.11 Å². The number of nitrogens with one attached hydrogen (secondary N) is 1. The number of rotatable bonds is 2. The number of aryl methyl sites for hydroxylation is 1. The fourth-order valence-electron chi connectivity index (χ4n) is 1.53. The standard InChI is InChI=1S/C9H10N4O2/c1-10-7-5-4-12-13(2)8(5)11-3-6(7)9(14)15/h3-4H,1-2H3,(H,10,11)(H,14,15). The van der Waals surface area contributed by atoms with Crippen molar-refractivity contribution in [1.82, 2.24) is 14.8 Å². The van der Waals surface area contributed by atoms with Gasteiger partial charge in [0.2, 0.25) is 0 Å². The lowest BCUT2D eigenvalue weighted by Gasteiger charge is -2.05. The summed E-state index contributed by atoms with van der Waals surface area (Å²) in [4.78, 5) is 15.0. The Morgan fingerprint density at radius 1 is 1.53 bits per heavy atom. The van der Waals surface area contributed by atoms with Crippen molar-refractivity contribution < 1.29 is 9.90 Å². The summed E-state index contributed by atoms with van der Waals surface area (Å²) in [6.45, 7) is 0. The fraction of sp³-hybridized carbons (Fsp3) is 0.222. The van der Waals surface area contributed by atoms with Gasteiger partial charge in [-0.05, 0) is 0 Å². The van der Waals surface area contributed by atoms with Crippen molar-refractivity contribution in [2.45, 2.75) is 0 Å². The number of nitrogens with zero attached hydrogens (tertiary/aromatic N) is 3. The molecule has 0 aliphatic rings. The molecule has 0 fully saturated rings. The maximum Gasteiger partial charge on any atom is 0.339 e. The van der Waals surface area contributed by atoms with Crippen LogP contribution in [0.5, 0.6) is 0 Å². The maximum absolute atomic E-state index is 10.9. The average molecular weight is 206 g/mol. The van der Waals surface area contributed by atoms with E-state index in [1.165, 1.54) is 6.20 Å². The van der Waals surface area contributed by atoms with E-state index in [1.54, 1.807) is 25.0 Å². The lowest BCUT2D eigenvalue weighted by molar-refractivity contribution is 0.0697. The summed E-state index contributed by atoms with van der Waals surface area (Å²) in [5.74, 6) is -1.00. The number of pyridine rings is 1. The SMILES string of the molecule is CNc1c(C(=O)O)cnc2c1cnn2C. The van der Waals surface area contributed by atoms with Gasteiger partial charge in [-0.1, -0.05) is 0 Å². The third kappa shape index (κ3) is 1.30. The molecule has 2 heterocycles. The van der Waals surface area contributed by atoms with Gasteiger partial charge < -0.3 is 10.4 Å². The topological polar surface area (TPSA) is 80.0 Å². The molecule has 0 saturated heterocycles. The van der Waals surface area contributed by atoms with Crippen molar-refractivity contribution in [1.29, 1.82) is 0 Å². The summed E-state index contributed by atoms with van der Waals surface area (Å²) < 4.78 is 1.60. The van der Waals surface area contributed by atoms with Crippen molar-refractivity contribution in [2.24, 2.45) is 7.05 Å². The Kier molecular flexibility index (Phi) is 2.03. The number of anilines is 1. The summed E-state index contributed by atoms with van der Waals surface area (Å²) in [5.41, 5.74) is 1.35. The molecule has 6 nitrogen and oxygen atoms in total. The van der Waals surface area contributed by atoms with E-state index in [0.29, 0.717) is 16.7 Å². The highest BCUT2D eigenvalue weighted by atomic mass is 16.4. The lowest BCUT2D eigenvalue weighted by atomic mass is 10.2. The monoisotopic (exact) mass is 206 g/mol. The number of fused-ring (bicyclic) bond motifs is 1. The zero-order chi connectivity index (χ0) is 11.0. The van der Waals surface area contributed by atoms with E-state index in [0.717, 1.165) is 0 Å². The Balaban J connectivity index is 2.82. The lowest BCUT2D eigenvalue weighted by Crippen LogP contribution is -2.04. The Bertz CT molecular complexity index is 532. The van der Waals surface area contributed by atoms with E-state index in [1.807, 2.05) is 0 Å². The maximum atomic E-state index is 10.9. The molecule has 6 heteroatoms. The van der Waals surface area contributed by atoms with Crippen LogP contribution in [0.15, 0.2) is 12.4 Å². The molecule has 0 unspecified atom stereocenters. The van der Waals surface area contributed by atoms with Gasteiger partial charge in [0.25, 0.3) is 0 Å². The van der Waals surface area contributed by atoms with Crippen LogP contribution in [0.4, 0.5) is 5.69 Å². The van der Waals surface area contributed by atoms with Crippen LogP contribution in [-0.2, 0) is 7.05 Å². The minimum atomic E-state index is -1.00. The van der Waals surface area contributed by atoms with Crippen LogP contribution in [0.1, 0.15) is 10.4 Å². The first kappa shape index (κ1) is 9.45. The van der Waals surface area contributed by atoms with Gasteiger partial charge >= 0.3 is 5.97 Å². The van der Waals surface area contributed by atoms with Gasteiger partial charge in [0, 0.05) is 20.3 Å². The summed E-state index contributed by atoms with van der Waals surface area (Å²) in [7, 11) is 3.43. The molecule has 0 aromatic carbocycles. The summed E-state index contributed by atoms with van der Waals surface area (Å²) in [6.07, 6.45) is 2.93. The van der Waals surface area contributed by atoms with Crippen molar-refractivity contribution in [2.75, 3.05) is 12.4 Å². The normalized spacial score (nSPS) is 10.5. The van der Waals surface area contributed by atoms with Crippen LogP contribution < -0.4 is 5.32 Å². The molecule has 0 spiro atoms. The molecule has 2 N–H and O–H groups in total. The average Bonchev–Trinajstić information content (AvgIpc) is 2.59. The number of hydrogen-bond donors (Lipinski definition) is 2. The molecule has 15 heavy (non-hydrogen) atoms. The third-order valence-electron chi connectivity index (χ3n) is 2.24. The minimum Gasteiger partial charge on any atom is -0.478 e. The predicted molar refractivity (Wildman–Crippen MR) is 55.0 cm³/mol. The van der Waals surface area contributed by atoms with E-state index in [-0.39, 0.29) is 5.56 Å². The Morgan fingerprint density at radius 3 is 2.87 bits per heavy atom. The Hall–Kier alpha value is -2.11. The molecule has 2 rings (SSSR count). The molecular formula is C9H10N4O2. The molecule has 0 atom stereocenters. The first-order valence-electron chi connectivity index (χ1n) is 4.37. The molecule has 2 aromatic heterocycles. The highest BCUT2D eigenvalue weighted by molar-refractivity contribution is 6.03. The minimum absolute atomic E-state index is 0.151. The van der Waals surface area contributed by atoms with Crippen molar-refractivity contribution in [3.63, 3.8) is 0 Å². The molecule has 78 valence electrons. The molecule has 2 aromatic rings. The third-order valence-corrected chi connectivity index (χ3v) is 2.24. The zero-order valence-corrected chi connectivity index (χ0v) is 8.35. The van der Waals surface area contributed by atoms with Gasteiger partial charge in [0.15, 0.2) is 5.65 Å². The quantitative estimate of drug-likeness (QED) is 0.756. The van der Waals surface area contributed by atoms with Gasteiger partial charge in [-0.25, -0.2) is 9.78 Å². The van der Waals surface area contributed by atoms with Crippen LogP contribution in [0, 0.1) is 0 Å². The molecule has 0 bridgehead atoms. The first-order valence-corrected chi connectivity index (χ1v) is 4.37. The van der Waals surface area contributed by atoms with Gasteiger partial charge in [-0.3, -0.25) is 4.68 Å². The van der Waals surface area contributed by atoms with Gasteiger partial charge in [0.05, 0.1) is 17.3 Å². The second-order valence-corrected chi connectivity index (χ2v) is 3.11. The number of hydrogen-bond acceptors (Lipinski definition) is 4. The Morgan fingerprint density at radius 2 is 2.27 bits per heavy atom. The van der Waals surface area contributed by atoms with Crippen LogP contribution >= 0.6 is 0 Å². The molecule has 0 amide bonds. The van der Waals surface area contributed by atoms with E-state index in [9.17, 15) is 4.79 Å². The van der Waals surface area contributed by atoms with Crippen molar-refractivity contribution >= 4 is 22.7 Å². The molecule has 0 saturated carbocycles. The van der Waals surface area contributed by atoms with E-state index < -0.39 is 5.97 Å². The number of aromatic carboxylic acids is 1. The molecule has 0 aliphatic heterocycles. The highest BCUT2D eigenvalue weighted by Crippen LogP contribution is 2.24.